The van der Waals surface area contributed by atoms with Crippen LogP contribution < -0.4 is 0 Å². The fourth-order valence-electron chi connectivity index (χ4n) is 2.90. The Hall–Kier alpha value is 0.430. The van der Waals surface area contributed by atoms with E-state index in [0.29, 0.717) is 7.92 Å². The molecule has 0 aliphatic rings. The van der Waals surface area contributed by atoms with Crippen LogP contribution in [0.4, 0.5) is 0 Å². The Balaban J connectivity index is 4.38. The van der Waals surface area contributed by atoms with Crippen molar-refractivity contribution in [2.24, 2.45) is 0 Å². The van der Waals surface area contributed by atoms with E-state index in [2.05, 4.69) is 34.6 Å². The van der Waals surface area contributed by atoms with Gasteiger partial charge in [-0.1, -0.05) is 60.3 Å². The van der Waals surface area contributed by atoms with Gasteiger partial charge in [0.2, 0.25) is 0 Å². The van der Waals surface area contributed by atoms with Gasteiger partial charge in [0, 0.05) is 0 Å². The highest BCUT2D eigenvalue weighted by molar-refractivity contribution is 7.59. The Bertz CT molecular complexity index is 140. The van der Waals surface area contributed by atoms with E-state index in [0.717, 1.165) is 11.3 Å². The van der Waals surface area contributed by atoms with Crippen molar-refractivity contribution >= 4 is 7.92 Å². The molecule has 0 bridgehead atoms. The smallest absolute Gasteiger partial charge is 0.0209 e. The SMILES string of the molecule is CCCCC(CC)P(CC)C(CC)CCCC. The number of rotatable bonds is 11. The maximum atomic E-state index is 2.44. The van der Waals surface area contributed by atoms with Crippen LogP contribution in [-0.2, 0) is 0 Å². The molecule has 104 valence electrons. The topological polar surface area (TPSA) is 0 Å². The second-order valence-electron chi connectivity index (χ2n) is 5.24. The van der Waals surface area contributed by atoms with Crippen LogP contribution in [0.5, 0.6) is 0 Å². The van der Waals surface area contributed by atoms with Crippen LogP contribution in [-0.4, -0.2) is 17.5 Å². The summed E-state index contributed by atoms with van der Waals surface area (Å²) < 4.78 is 0. The van der Waals surface area contributed by atoms with Crippen molar-refractivity contribution in [3.63, 3.8) is 0 Å². The van der Waals surface area contributed by atoms with E-state index >= 15 is 0 Å². The average molecular weight is 258 g/mol. The van der Waals surface area contributed by atoms with E-state index in [1.165, 1.54) is 57.5 Å². The Labute approximate surface area is 112 Å². The predicted molar refractivity (Wildman–Crippen MR) is 84.7 cm³/mol. The minimum atomic E-state index is 0.291. The van der Waals surface area contributed by atoms with Gasteiger partial charge in [-0.2, -0.15) is 0 Å². The molecular formula is C16H35P. The van der Waals surface area contributed by atoms with Gasteiger partial charge >= 0.3 is 0 Å². The zero-order valence-electron chi connectivity index (χ0n) is 13.0. The third-order valence-corrected chi connectivity index (χ3v) is 7.88. The third-order valence-electron chi connectivity index (χ3n) is 4.03. The van der Waals surface area contributed by atoms with Crippen LogP contribution in [0.25, 0.3) is 0 Å². The maximum Gasteiger partial charge on any atom is -0.0209 e. The summed E-state index contributed by atoms with van der Waals surface area (Å²) in [6.45, 7) is 11.9. The molecule has 2 atom stereocenters. The molecule has 0 aliphatic carbocycles. The van der Waals surface area contributed by atoms with Gasteiger partial charge in [0.25, 0.3) is 0 Å². The lowest BCUT2D eigenvalue weighted by molar-refractivity contribution is 0.628. The van der Waals surface area contributed by atoms with E-state index < -0.39 is 0 Å². The summed E-state index contributed by atoms with van der Waals surface area (Å²) in [5.41, 5.74) is 2.11. The Morgan fingerprint density at radius 1 is 0.706 bits per heavy atom. The van der Waals surface area contributed by atoms with Crippen molar-refractivity contribution in [2.75, 3.05) is 6.16 Å². The molecule has 0 fully saturated rings. The number of unbranched alkanes of at least 4 members (excludes halogenated alkanes) is 2. The van der Waals surface area contributed by atoms with Crippen LogP contribution in [0.2, 0.25) is 0 Å². The molecule has 0 N–H and O–H groups in total. The van der Waals surface area contributed by atoms with Crippen LogP contribution in [0, 0.1) is 0 Å². The maximum absolute atomic E-state index is 2.44. The van der Waals surface area contributed by atoms with Crippen LogP contribution in [0.3, 0.4) is 0 Å². The standard InChI is InChI=1S/C16H35P/c1-6-11-13-15(8-3)17(10-5)16(9-4)14-12-7-2/h15-16H,6-14H2,1-5H3. The molecule has 0 saturated carbocycles. The molecule has 0 aromatic carbocycles. The Kier molecular flexibility index (Phi) is 11.8. The Morgan fingerprint density at radius 2 is 1.12 bits per heavy atom. The van der Waals surface area contributed by atoms with Gasteiger partial charge in [-0.3, -0.25) is 0 Å². The molecule has 0 radical (unpaired) electrons. The van der Waals surface area contributed by atoms with Gasteiger partial charge < -0.3 is 0 Å². The van der Waals surface area contributed by atoms with Gasteiger partial charge in [-0.25, -0.2) is 0 Å². The lowest BCUT2D eigenvalue weighted by Crippen LogP contribution is -2.16. The molecular weight excluding hydrogens is 223 g/mol. The zero-order chi connectivity index (χ0) is 13.1. The highest BCUT2D eigenvalue weighted by Crippen LogP contribution is 2.52. The molecule has 0 spiro atoms. The van der Waals surface area contributed by atoms with Crippen molar-refractivity contribution in [1.82, 2.24) is 0 Å². The monoisotopic (exact) mass is 258 g/mol. The summed E-state index contributed by atoms with van der Waals surface area (Å²) in [6, 6.07) is 0. The van der Waals surface area contributed by atoms with E-state index in [4.69, 9.17) is 0 Å². The first-order valence-corrected chi connectivity index (χ1v) is 9.67. The highest BCUT2D eigenvalue weighted by atomic mass is 31.1. The van der Waals surface area contributed by atoms with E-state index in [1.807, 2.05) is 0 Å². The predicted octanol–water partition coefficient (Wildman–Crippen LogP) is 6.43. The van der Waals surface area contributed by atoms with Gasteiger partial charge in [0.1, 0.15) is 0 Å². The average Bonchev–Trinajstić information content (AvgIpc) is 2.37. The highest BCUT2D eigenvalue weighted by Gasteiger charge is 2.24. The van der Waals surface area contributed by atoms with Crippen molar-refractivity contribution in [2.45, 2.75) is 97.3 Å². The van der Waals surface area contributed by atoms with E-state index in [9.17, 15) is 0 Å². The molecule has 0 aromatic heterocycles. The molecule has 0 aliphatic heterocycles. The summed E-state index contributed by atoms with van der Waals surface area (Å²) in [5, 5.41) is 0. The van der Waals surface area contributed by atoms with E-state index in [-0.39, 0.29) is 0 Å². The van der Waals surface area contributed by atoms with Crippen LogP contribution >= 0.6 is 7.92 Å². The lowest BCUT2D eigenvalue weighted by atomic mass is 10.1. The first kappa shape index (κ1) is 17.4. The van der Waals surface area contributed by atoms with Gasteiger partial charge in [-0.05, 0) is 43.2 Å². The molecule has 2 unspecified atom stereocenters. The van der Waals surface area contributed by atoms with Crippen LogP contribution in [0.15, 0.2) is 0 Å². The van der Waals surface area contributed by atoms with Crippen molar-refractivity contribution in [1.29, 1.82) is 0 Å². The summed E-state index contributed by atoms with van der Waals surface area (Å²) in [6.07, 6.45) is 12.9. The molecule has 0 rings (SSSR count). The molecule has 0 heterocycles. The molecule has 0 aromatic rings. The fourth-order valence-corrected chi connectivity index (χ4v) is 6.50. The Morgan fingerprint density at radius 3 is 1.35 bits per heavy atom. The normalized spacial score (nSPS) is 16.8. The van der Waals surface area contributed by atoms with Gasteiger partial charge in [0.05, 0.1) is 0 Å². The van der Waals surface area contributed by atoms with Gasteiger partial charge in [0.15, 0.2) is 0 Å². The second kappa shape index (κ2) is 11.5. The summed E-state index contributed by atoms with van der Waals surface area (Å²) in [4.78, 5) is 0. The van der Waals surface area contributed by atoms with Crippen LogP contribution in [0.1, 0.15) is 86.0 Å². The van der Waals surface area contributed by atoms with Crippen molar-refractivity contribution < 1.29 is 0 Å². The van der Waals surface area contributed by atoms with Gasteiger partial charge in [-0.15, -0.1) is 7.92 Å². The second-order valence-corrected chi connectivity index (χ2v) is 8.36. The van der Waals surface area contributed by atoms with E-state index in [1.54, 1.807) is 0 Å². The molecule has 1 heteroatoms. The summed E-state index contributed by atoms with van der Waals surface area (Å²) in [7, 11) is 0.291. The summed E-state index contributed by atoms with van der Waals surface area (Å²) >= 11 is 0. The van der Waals surface area contributed by atoms with Crippen molar-refractivity contribution in [3.05, 3.63) is 0 Å². The first-order valence-electron chi connectivity index (χ1n) is 8.00. The molecule has 17 heavy (non-hydrogen) atoms. The minimum Gasteiger partial charge on any atom is -0.101 e. The molecule has 0 nitrogen and oxygen atoms in total. The van der Waals surface area contributed by atoms with Crippen molar-refractivity contribution in [3.8, 4) is 0 Å². The summed E-state index contributed by atoms with van der Waals surface area (Å²) in [5.74, 6) is 0. The minimum absolute atomic E-state index is 0.291. The largest absolute Gasteiger partial charge is 0.101 e. The lowest BCUT2D eigenvalue weighted by Gasteiger charge is -2.33. The molecule has 0 amide bonds. The first-order chi connectivity index (χ1) is 8.24. The fraction of sp³-hybridized carbons (Fsp3) is 1.00. The molecule has 0 saturated heterocycles. The third kappa shape index (κ3) is 6.80. The number of hydrogen-bond donors (Lipinski definition) is 0. The number of hydrogen-bond acceptors (Lipinski definition) is 0. The zero-order valence-corrected chi connectivity index (χ0v) is 13.9. The quantitative estimate of drug-likeness (QED) is 0.375.